The quantitative estimate of drug-likeness (QED) is 0.731. The van der Waals surface area contributed by atoms with Crippen molar-refractivity contribution in [2.75, 3.05) is 19.8 Å². The molecule has 1 aliphatic heterocycles. The second kappa shape index (κ2) is 9.37. The molecule has 2 aliphatic rings. The minimum Gasteiger partial charge on any atom is -0.381 e. The molecule has 1 saturated carbocycles. The average molecular weight is 350 g/mol. The molecule has 1 aromatic heterocycles. The molecule has 0 radical (unpaired) electrons. The molecule has 1 aliphatic carbocycles. The minimum absolute atomic E-state index is 0.135. The minimum atomic E-state index is 0.135. The third-order valence-electron chi connectivity index (χ3n) is 4.80. The van der Waals surface area contributed by atoms with E-state index in [1.54, 1.807) is 11.8 Å². The number of hydrogen-bond donors (Lipinski definition) is 1. The van der Waals surface area contributed by atoms with Crippen molar-refractivity contribution >= 4 is 17.7 Å². The lowest BCUT2D eigenvalue weighted by Crippen LogP contribution is -2.26. The number of nitrogens with zero attached hydrogens (tertiary/aromatic N) is 2. The van der Waals surface area contributed by atoms with Crippen molar-refractivity contribution in [2.45, 2.75) is 61.8 Å². The molecule has 24 heavy (non-hydrogen) atoms. The van der Waals surface area contributed by atoms with Crippen LogP contribution in [0.3, 0.4) is 0 Å². The third kappa shape index (κ3) is 5.74. The predicted molar refractivity (Wildman–Crippen MR) is 95.0 cm³/mol. The van der Waals surface area contributed by atoms with Gasteiger partial charge in [0.1, 0.15) is 0 Å². The van der Waals surface area contributed by atoms with E-state index in [9.17, 15) is 4.79 Å². The molecule has 0 unspecified atom stereocenters. The van der Waals surface area contributed by atoms with Crippen LogP contribution in [0.2, 0.25) is 0 Å². The van der Waals surface area contributed by atoms with Crippen molar-refractivity contribution in [3.63, 3.8) is 0 Å². The number of rotatable bonds is 8. The molecule has 1 saturated heterocycles. The van der Waals surface area contributed by atoms with Crippen LogP contribution >= 0.6 is 11.8 Å². The summed E-state index contributed by atoms with van der Waals surface area (Å²) >= 11 is 1.81. The molecule has 3 rings (SSSR count). The Bertz CT molecular complexity index is 512. The Hall–Kier alpha value is -1.14. The van der Waals surface area contributed by atoms with Gasteiger partial charge in [-0.25, -0.2) is 9.97 Å². The second-order valence-electron chi connectivity index (χ2n) is 6.77. The van der Waals surface area contributed by atoms with Crippen molar-refractivity contribution in [3.8, 4) is 0 Å². The topological polar surface area (TPSA) is 64.1 Å². The largest absolute Gasteiger partial charge is 0.381 e. The number of aromatic nitrogens is 2. The molecule has 5 nitrogen and oxygen atoms in total. The summed E-state index contributed by atoms with van der Waals surface area (Å²) in [5.41, 5.74) is 1.08. The highest BCUT2D eigenvalue weighted by atomic mass is 32.2. The van der Waals surface area contributed by atoms with E-state index in [0.717, 1.165) is 43.2 Å². The van der Waals surface area contributed by atoms with E-state index >= 15 is 0 Å². The number of thioether (sulfide) groups is 1. The maximum absolute atomic E-state index is 11.9. The first-order valence-corrected chi connectivity index (χ1v) is 9.99. The molecule has 0 spiro atoms. The molecule has 132 valence electrons. The third-order valence-corrected chi connectivity index (χ3v) is 6.02. The Kier molecular flexibility index (Phi) is 6.90. The van der Waals surface area contributed by atoms with E-state index in [0.29, 0.717) is 24.1 Å². The lowest BCUT2D eigenvalue weighted by molar-refractivity contribution is -0.121. The molecule has 0 aromatic carbocycles. The van der Waals surface area contributed by atoms with Gasteiger partial charge in [0.25, 0.3) is 0 Å². The summed E-state index contributed by atoms with van der Waals surface area (Å²) < 4.78 is 5.33. The molecule has 2 heterocycles. The van der Waals surface area contributed by atoms with E-state index in [1.165, 1.54) is 25.7 Å². The highest BCUT2D eigenvalue weighted by molar-refractivity contribution is 7.99. The first-order chi connectivity index (χ1) is 11.8. The first-order valence-electron chi connectivity index (χ1n) is 9.11. The summed E-state index contributed by atoms with van der Waals surface area (Å²) in [5.74, 6) is 0.699. The van der Waals surface area contributed by atoms with Gasteiger partial charge in [0.2, 0.25) is 5.91 Å². The fraction of sp³-hybridized carbons (Fsp3) is 0.722. The molecular weight excluding hydrogens is 322 g/mol. The van der Waals surface area contributed by atoms with Crippen LogP contribution in [0.25, 0.3) is 0 Å². The van der Waals surface area contributed by atoms with Crippen LogP contribution in [0.15, 0.2) is 17.6 Å². The molecule has 2 fully saturated rings. The van der Waals surface area contributed by atoms with Gasteiger partial charge in [-0.2, -0.15) is 0 Å². The van der Waals surface area contributed by atoms with Crippen LogP contribution < -0.4 is 5.32 Å². The van der Waals surface area contributed by atoms with Crippen molar-refractivity contribution < 1.29 is 9.53 Å². The van der Waals surface area contributed by atoms with Crippen LogP contribution in [0, 0.1) is 5.92 Å². The molecule has 1 atom stereocenters. The highest BCUT2D eigenvalue weighted by Crippen LogP contribution is 2.32. The summed E-state index contributed by atoms with van der Waals surface area (Å²) in [5, 5.41) is 4.57. The highest BCUT2D eigenvalue weighted by Gasteiger charge is 2.18. The van der Waals surface area contributed by atoms with Crippen LogP contribution in [-0.2, 0) is 16.0 Å². The fourth-order valence-electron chi connectivity index (χ4n) is 3.27. The van der Waals surface area contributed by atoms with Crippen molar-refractivity contribution in [2.24, 2.45) is 5.92 Å². The van der Waals surface area contributed by atoms with Crippen molar-refractivity contribution in [1.29, 1.82) is 0 Å². The second-order valence-corrected chi connectivity index (χ2v) is 8.03. The number of amides is 1. The zero-order valence-electron chi connectivity index (χ0n) is 14.2. The van der Waals surface area contributed by atoms with Gasteiger partial charge in [-0.3, -0.25) is 4.79 Å². The zero-order chi connectivity index (χ0) is 16.6. The summed E-state index contributed by atoms with van der Waals surface area (Å²) in [6.45, 7) is 2.32. The Morgan fingerprint density at radius 1 is 1.25 bits per heavy atom. The number of nitrogens with one attached hydrogen (secondary N) is 1. The van der Waals surface area contributed by atoms with Crippen LogP contribution in [-0.4, -0.2) is 40.9 Å². The molecule has 1 N–H and O–H groups in total. The van der Waals surface area contributed by atoms with Gasteiger partial charge in [-0.05, 0) is 43.6 Å². The lowest BCUT2D eigenvalue weighted by atomic mass is 10.0. The van der Waals surface area contributed by atoms with E-state index in [-0.39, 0.29) is 5.91 Å². The number of carbonyl (C=O) groups excluding carboxylic acids is 1. The molecule has 1 aromatic rings. The maximum atomic E-state index is 11.9. The Morgan fingerprint density at radius 2 is 2.04 bits per heavy atom. The number of ether oxygens (including phenoxy) is 1. The lowest BCUT2D eigenvalue weighted by Gasteiger charge is -2.09. The molecule has 1 amide bonds. The van der Waals surface area contributed by atoms with Crippen molar-refractivity contribution in [1.82, 2.24) is 15.3 Å². The normalized spacial score (nSPS) is 21.2. The predicted octanol–water partition coefficient (Wildman–Crippen LogP) is 2.99. The van der Waals surface area contributed by atoms with Gasteiger partial charge in [-0.15, -0.1) is 0 Å². The van der Waals surface area contributed by atoms with Crippen LogP contribution in [0.4, 0.5) is 0 Å². The van der Waals surface area contributed by atoms with Gasteiger partial charge in [0.05, 0.1) is 0 Å². The van der Waals surface area contributed by atoms with Gasteiger partial charge >= 0.3 is 0 Å². The monoisotopic (exact) mass is 349 g/mol. The van der Waals surface area contributed by atoms with E-state index in [4.69, 9.17) is 4.74 Å². The Balaban J connectivity index is 1.31. The van der Waals surface area contributed by atoms with Crippen molar-refractivity contribution in [3.05, 3.63) is 18.0 Å². The summed E-state index contributed by atoms with van der Waals surface area (Å²) in [6.07, 6.45) is 12.4. The van der Waals surface area contributed by atoms with Gasteiger partial charge in [0.15, 0.2) is 5.16 Å². The number of hydrogen-bond acceptors (Lipinski definition) is 5. The molecular formula is C18H27N3O2S. The van der Waals surface area contributed by atoms with Gasteiger partial charge in [0, 0.05) is 43.8 Å². The zero-order valence-corrected chi connectivity index (χ0v) is 15.0. The van der Waals surface area contributed by atoms with E-state index < -0.39 is 0 Å². The summed E-state index contributed by atoms with van der Waals surface area (Å²) in [7, 11) is 0. The standard InChI is InChI=1S/C18H27N3O2S/c22-17(6-5-14-8-10-23-13-14)19-9-7-15-11-20-18(21-12-15)24-16-3-1-2-4-16/h11-12,14,16H,1-10,13H2,(H,19,22)/t14-/m1/s1. The van der Waals surface area contributed by atoms with E-state index in [2.05, 4.69) is 15.3 Å². The molecule has 6 heteroatoms. The Labute approximate surface area is 148 Å². The smallest absolute Gasteiger partial charge is 0.220 e. The maximum Gasteiger partial charge on any atom is 0.220 e. The number of carbonyl (C=O) groups is 1. The molecule has 0 bridgehead atoms. The van der Waals surface area contributed by atoms with Gasteiger partial charge in [-0.1, -0.05) is 24.6 Å². The van der Waals surface area contributed by atoms with Crippen LogP contribution in [0.5, 0.6) is 0 Å². The average Bonchev–Trinajstić information content (AvgIpc) is 3.28. The van der Waals surface area contributed by atoms with E-state index in [1.807, 2.05) is 12.4 Å². The summed E-state index contributed by atoms with van der Waals surface area (Å²) in [6, 6.07) is 0. The SMILES string of the molecule is O=C(CC[C@@H]1CCOC1)NCCc1cnc(SC2CCCC2)nc1. The first kappa shape index (κ1) is 17.7. The van der Waals surface area contributed by atoms with Crippen LogP contribution in [0.1, 0.15) is 50.5 Å². The van der Waals surface area contributed by atoms with Gasteiger partial charge < -0.3 is 10.1 Å². The summed E-state index contributed by atoms with van der Waals surface area (Å²) in [4.78, 5) is 20.8. The fourth-order valence-corrected chi connectivity index (χ4v) is 4.36. The Morgan fingerprint density at radius 3 is 2.75 bits per heavy atom.